The zero-order valence-corrected chi connectivity index (χ0v) is 15.6. The van der Waals surface area contributed by atoms with E-state index in [4.69, 9.17) is 14.3 Å². The van der Waals surface area contributed by atoms with E-state index in [2.05, 4.69) is 12.2 Å². The molecule has 1 heterocycles. The second kappa shape index (κ2) is 9.75. The molecule has 2 rings (SSSR count). The molecule has 1 unspecified atom stereocenters. The van der Waals surface area contributed by atoms with Crippen LogP contribution in [0.2, 0.25) is 0 Å². The van der Waals surface area contributed by atoms with E-state index in [1.807, 2.05) is 6.07 Å². The number of carbonyl (C=O) groups excluding carboxylic acids is 1. The molecule has 27 heavy (non-hydrogen) atoms. The SMILES string of the molecule is CCCCc1cc(=O)oc2cc(OC(C)C(=O)NCCCC(=O)O)ccc12. The molecule has 0 saturated heterocycles. The molecule has 0 spiro atoms. The number of unbranched alkanes of at least 4 members (excludes halogenated alkanes) is 1. The predicted octanol–water partition coefficient (Wildman–Crippen LogP) is 2.88. The molecule has 1 atom stereocenters. The third-order valence-electron chi connectivity index (χ3n) is 4.15. The highest BCUT2D eigenvalue weighted by molar-refractivity contribution is 5.83. The van der Waals surface area contributed by atoms with Crippen LogP contribution in [-0.2, 0) is 16.0 Å². The lowest BCUT2D eigenvalue weighted by Crippen LogP contribution is -2.36. The van der Waals surface area contributed by atoms with Gasteiger partial charge in [-0.2, -0.15) is 0 Å². The second-order valence-corrected chi connectivity index (χ2v) is 6.40. The molecule has 0 saturated carbocycles. The summed E-state index contributed by atoms with van der Waals surface area (Å²) in [4.78, 5) is 34.3. The van der Waals surface area contributed by atoms with Crippen LogP contribution in [-0.4, -0.2) is 29.6 Å². The Labute approximate surface area is 157 Å². The quantitative estimate of drug-likeness (QED) is 0.489. The van der Waals surface area contributed by atoms with Crippen LogP contribution in [0.4, 0.5) is 0 Å². The van der Waals surface area contributed by atoms with E-state index in [1.54, 1.807) is 19.1 Å². The average Bonchev–Trinajstić information content (AvgIpc) is 2.62. The van der Waals surface area contributed by atoms with Crippen LogP contribution in [0.5, 0.6) is 5.75 Å². The minimum atomic E-state index is -0.899. The summed E-state index contributed by atoms with van der Waals surface area (Å²) in [5, 5.41) is 12.1. The predicted molar refractivity (Wildman–Crippen MR) is 101 cm³/mol. The van der Waals surface area contributed by atoms with E-state index in [0.29, 0.717) is 17.8 Å². The molecular weight excluding hydrogens is 350 g/mol. The van der Waals surface area contributed by atoms with Crippen LogP contribution in [0.25, 0.3) is 11.0 Å². The van der Waals surface area contributed by atoms with Crippen LogP contribution in [0, 0.1) is 0 Å². The minimum absolute atomic E-state index is 0.000407. The number of hydrogen-bond acceptors (Lipinski definition) is 5. The number of nitrogens with one attached hydrogen (secondary N) is 1. The monoisotopic (exact) mass is 375 g/mol. The summed E-state index contributed by atoms with van der Waals surface area (Å²) < 4.78 is 10.9. The van der Waals surface area contributed by atoms with Gasteiger partial charge in [-0.05, 0) is 43.9 Å². The Morgan fingerprint density at radius 1 is 1.26 bits per heavy atom. The van der Waals surface area contributed by atoms with Crippen molar-refractivity contribution in [1.82, 2.24) is 5.32 Å². The first-order valence-electron chi connectivity index (χ1n) is 9.13. The van der Waals surface area contributed by atoms with Crippen molar-refractivity contribution < 1.29 is 23.8 Å². The second-order valence-electron chi connectivity index (χ2n) is 6.40. The van der Waals surface area contributed by atoms with Crippen molar-refractivity contribution in [1.29, 1.82) is 0 Å². The van der Waals surface area contributed by atoms with Crippen molar-refractivity contribution >= 4 is 22.8 Å². The van der Waals surface area contributed by atoms with Gasteiger partial charge in [-0.15, -0.1) is 0 Å². The highest BCUT2D eigenvalue weighted by atomic mass is 16.5. The number of benzene rings is 1. The fourth-order valence-electron chi connectivity index (χ4n) is 2.71. The smallest absolute Gasteiger partial charge is 0.336 e. The molecule has 0 aliphatic heterocycles. The van der Waals surface area contributed by atoms with Crippen LogP contribution in [0.3, 0.4) is 0 Å². The molecule has 146 valence electrons. The normalized spacial score (nSPS) is 11.9. The summed E-state index contributed by atoms with van der Waals surface area (Å²) in [6, 6.07) is 6.70. The Hall–Kier alpha value is -2.83. The molecule has 0 radical (unpaired) electrons. The number of ether oxygens (including phenoxy) is 1. The molecule has 7 heteroatoms. The fourth-order valence-corrected chi connectivity index (χ4v) is 2.71. The highest BCUT2D eigenvalue weighted by Gasteiger charge is 2.15. The van der Waals surface area contributed by atoms with Gasteiger partial charge in [0.25, 0.3) is 5.91 Å². The third-order valence-corrected chi connectivity index (χ3v) is 4.15. The van der Waals surface area contributed by atoms with Crippen molar-refractivity contribution in [3.63, 3.8) is 0 Å². The standard InChI is InChI=1S/C20H25NO6/c1-3-4-6-14-11-19(24)27-17-12-15(8-9-16(14)17)26-13(2)20(25)21-10-5-7-18(22)23/h8-9,11-13H,3-7,10H2,1-2H3,(H,21,25)(H,22,23). The first kappa shape index (κ1) is 20.5. The highest BCUT2D eigenvalue weighted by Crippen LogP contribution is 2.24. The van der Waals surface area contributed by atoms with Crippen molar-refractivity contribution in [2.45, 2.75) is 52.1 Å². The molecule has 1 amide bonds. The van der Waals surface area contributed by atoms with E-state index in [0.717, 1.165) is 30.2 Å². The maximum Gasteiger partial charge on any atom is 0.336 e. The zero-order valence-electron chi connectivity index (χ0n) is 15.6. The molecule has 1 aromatic carbocycles. The number of carboxylic acid groups (broad SMARTS) is 1. The Morgan fingerprint density at radius 3 is 2.74 bits per heavy atom. The largest absolute Gasteiger partial charge is 0.481 e. The van der Waals surface area contributed by atoms with Gasteiger partial charge >= 0.3 is 11.6 Å². The average molecular weight is 375 g/mol. The van der Waals surface area contributed by atoms with Crippen molar-refractivity contribution in [3.05, 3.63) is 40.2 Å². The van der Waals surface area contributed by atoms with Gasteiger partial charge in [0.05, 0.1) is 0 Å². The van der Waals surface area contributed by atoms with Crippen LogP contribution in [0.1, 0.15) is 45.1 Å². The van der Waals surface area contributed by atoms with Gasteiger partial charge in [0, 0.05) is 30.5 Å². The summed E-state index contributed by atoms with van der Waals surface area (Å²) in [6.07, 6.45) is 2.41. The lowest BCUT2D eigenvalue weighted by molar-refractivity contribution is -0.137. The van der Waals surface area contributed by atoms with Crippen LogP contribution >= 0.6 is 0 Å². The number of carboxylic acids is 1. The van der Waals surface area contributed by atoms with Gasteiger partial charge in [-0.3, -0.25) is 9.59 Å². The minimum Gasteiger partial charge on any atom is -0.481 e. The van der Waals surface area contributed by atoms with E-state index in [-0.39, 0.29) is 18.9 Å². The maximum absolute atomic E-state index is 12.0. The Bertz CT molecular complexity index is 857. The summed E-state index contributed by atoms with van der Waals surface area (Å²) in [7, 11) is 0. The molecule has 1 aromatic heterocycles. The Kier molecular flexibility index (Phi) is 7.40. The van der Waals surface area contributed by atoms with Gasteiger partial charge in [0.15, 0.2) is 6.10 Å². The first-order chi connectivity index (χ1) is 12.9. The molecule has 2 N–H and O–H groups in total. The first-order valence-corrected chi connectivity index (χ1v) is 9.13. The van der Waals surface area contributed by atoms with E-state index in [1.165, 1.54) is 6.07 Å². The molecule has 0 bridgehead atoms. The van der Waals surface area contributed by atoms with Gasteiger partial charge in [0.1, 0.15) is 11.3 Å². The zero-order chi connectivity index (χ0) is 19.8. The summed E-state index contributed by atoms with van der Waals surface area (Å²) in [5.74, 6) is -0.811. The van der Waals surface area contributed by atoms with Crippen LogP contribution in [0.15, 0.2) is 33.5 Å². The van der Waals surface area contributed by atoms with Crippen LogP contribution < -0.4 is 15.7 Å². The number of rotatable bonds is 10. The molecule has 7 nitrogen and oxygen atoms in total. The van der Waals surface area contributed by atoms with Crippen molar-refractivity contribution in [2.75, 3.05) is 6.54 Å². The summed E-state index contributed by atoms with van der Waals surface area (Å²) in [5.41, 5.74) is 0.967. The number of hydrogen-bond donors (Lipinski definition) is 2. The molecular formula is C20H25NO6. The van der Waals surface area contributed by atoms with E-state index in [9.17, 15) is 14.4 Å². The number of aryl methyl sites for hydroxylation is 1. The Morgan fingerprint density at radius 2 is 2.04 bits per heavy atom. The maximum atomic E-state index is 12.0. The van der Waals surface area contributed by atoms with Gasteiger partial charge in [0.2, 0.25) is 0 Å². The number of amides is 1. The van der Waals surface area contributed by atoms with Gasteiger partial charge < -0.3 is 19.6 Å². The van der Waals surface area contributed by atoms with Gasteiger partial charge in [-0.25, -0.2) is 4.79 Å². The number of carbonyl (C=O) groups is 2. The Balaban J connectivity index is 2.05. The number of aliphatic carboxylic acids is 1. The lowest BCUT2D eigenvalue weighted by Gasteiger charge is -2.15. The van der Waals surface area contributed by atoms with E-state index < -0.39 is 17.7 Å². The molecule has 2 aromatic rings. The summed E-state index contributed by atoms with van der Waals surface area (Å²) in [6.45, 7) is 3.96. The van der Waals surface area contributed by atoms with E-state index >= 15 is 0 Å². The molecule has 0 fully saturated rings. The summed E-state index contributed by atoms with van der Waals surface area (Å²) >= 11 is 0. The molecule has 0 aliphatic rings. The lowest BCUT2D eigenvalue weighted by atomic mass is 10.0. The van der Waals surface area contributed by atoms with Crippen molar-refractivity contribution in [3.8, 4) is 5.75 Å². The topological polar surface area (TPSA) is 106 Å². The third kappa shape index (κ3) is 6.13. The van der Waals surface area contributed by atoms with Crippen molar-refractivity contribution in [2.24, 2.45) is 0 Å². The number of fused-ring (bicyclic) bond motifs is 1. The molecule has 0 aliphatic carbocycles. The fraction of sp³-hybridized carbons (Fsp3) is 0.450. The van der Waals surface area contributed by atoms with Gasteiger partial charge in [-0.1, -0.05) is 13.3 Å².